The average molecular weight is 413 g/mol. The van der Waals surface area contributed by atoms with Crippen LogP contribution in [0.4, 0.5) is 14.5 Å². The van der Waals surface area contributed by atoms with Crippen molar-refractivity contribution in [3.8, 4) is 5.75 Å². The number of anilines is 1. The largest absolute Gasteiger partial charge is 0.497 e. The van der Waals surface area contributed by atoms with Crippen LogP contribution in [0, 0.1) is 11.6 Å². The Bertz CT molecular complexity index is 880. The van der Waals surface area contributed by atoms with Crippen LogP contribution in [0.5, 0.6) is 5.75 Å². The Balaban J connectivity index is 1.77. The van der Waals surface area contributed by atoms with Crippen LogP contribution in [0.25, 0.3) is 0 Å². The number of thioether (sulfide) groups is 1. The van der Waals surface area contributed by atoms with Crippen LogP contribution in [0.3, 0.4) is 0 Å². The van der Waals surface area contributed by atoms with Gasteiger partial charge in [0, 0.05) is 11.4 Å². The Labute approximate surface area is 163 Å². The highest BCUT2D eigenvalue weighted by Crippen LogP contribution is 2.28. The zero-order valence-electron chi connectivity index (χ0n) is 14.2. The molecule has 1 atom stereocenters. The summed E-state index contributed by atoms with van der Waals surface area (Å²) in [5, 5.41) is 2.53. The summed E-state index contributed by atoms with van der Waals surface area (Å²) in [6.07, 6.45) is 0. The number of methoxy groups -OCH3 is 1. The lowest BCUT2D eigenvalue weighted by Crippen LogP contribution is -2.44. The minimum absolute atomic E-state index is 0.180. The quantitative estimate of drug-likeness (QED) is 0.776. The third-order valence-electron chi connectivity index (χ3n) is 4.04. The molecule has 0 aliphatic carbocycles. The van der Waals surface area contributed by atoms with Gasteiger partial charge in [-0.25, -0.2) is 8.78 Å². The summed E-state index contributed by atoms with van der Waals surface area (Å²) in [4.78, 5) is 26.6. The zero-order chi connectivity index (χ0) is 19.6. The molecule has 2 aromatic carbocycles. The first-order valence-electron chi connectivity index (χ1n) is 7.89. The van der Waals surface area contributed by atoms with Gasteiger partial charge in [0.05, 0.1) is 23.6 Å². The lowest BCUT2D eigenvalue weighted by Gasteiger charge is -2.23. The third-order valence-corrected chi connectivity index (χ3v) is 5.37. The summed E-state index contributed by atoms with van der Waals surface area (Å²) in [7, 11) is 1.54. The van der Waals surface area contributed by atoms with Crippen LogP contribution in [0.1, 0.15) is 10.4 Å². The van der Waals surface area contributed by atoms with Gasteiger partial charge in [0.2, 0.25) is 5.91 Å². The van der Waals surface area contributed by atoms with Crippen molar-refractivity contribution in [2.45, 2.75) is 6.04 Å². The number of carbonyl (C=O) groups excluding carboxylic acids is 2. The van der Waals surface area contributed by atoms with E-state index in [4.69, 9.17) is 16.3 Å². The number of rotatable bonds is 4. The Morgan fingerprint density at radius 1 is 1.22 bits per heavy atom. The second-order valence-electron chi connectivity index (χ2n) is 5.75. The molecule has 1 aliphatic heterocycles. The standard InChI is InChI=1S/C18H15ClF2N2O3S/c1-26-11-4-2-10(3-5-11)22-17(24)16-8-27-9-23(16)18(25)12-6-14(20)15(21)7-13(12)19/h2-7,16H,8-9H2,1H3,(H,22,24). The van der Waals surface area contributed by atoms with E-state index in [0.29, 0.717) is 17.2 Å². The molecule has 27 heavy (non-hydrogen) atoms. The number of hydrogen-bond donors (Lipinski definition) is 1. The van der Waals surface area contributed by atoms with Crippen LogP contribution in [-0.4, -0.2) is 41.5 Å². The predicted octanol–water partition coefficient (Wildman–Crippen LogP) is 3.78. The molecule has 1 saturated heterocycles. The molecule has 9 heteroatoms. The Morgan fingerprint density at radius 2 is 1.89 bits per heavy atom. The van der Waals surface area contributed by atoms with E-state index in [0.717, 1.165) is 12.1 Å². The molecule has 1 heterocycles. The number of halogens is 3. The molecule has 1 unspecified atom stereocenters. The van der Waals surface area contributed by atoms with Gasteiger partial charge in [0.1, 0.15) is 11.8 Å². The topological polar surface area (TPSA) is 58.6 Å². The fourth-order valence-corrected chi connectivity index (χ4v) is 3.99. The van der Waals surface area contributed by atoms with E-state index < -0.39 is 23.6 Å². The molecule has 0 saturated carbocycles. The van der Waals surface area contributed by atoms with E-state index in [-0.39, 0.29) is 22.4 Å². The van der Waals surface area contributed by atoms with E-state index in [2.05, 4.69) is 5.32 Å². The van der Waals surface area contributed by atoms with Crippen molar-refractivity contribution < 1.29 is 23.1 Å². The van der Waals surface area contributed by atoms with Crippen molar-refractivity contribution in [2.24, 2.45) is 0 Å². The van der Waals surface area contributed by atoms with Gasteiger partial charge < -0.3 is 15.0 Å². The summed E-state index contributed by atoms with van der Waals surface area (Å²) >= 11 is 7.27. The molecule has 0 bridgehead atoms. The molecule has 0 aromatic heterocycles. The first-order chi connectivity index (χ1) is 12.9. The maximum absolute atomic E-state index is 13.5. The molecule has 142 valence electrons. The SMILES string of the molecule is COc1ccc(NC(=O)C2CSCN2C(=O)c2cc(F)c(F)cc2Cl)cc1. The molecule has 2 amide bonds. The number of carbonyl (C=O) groups is 2. The van der Waals surface area contributed by atoms with Crippen molar-refractivity contribution in [1.82, 2.24) is 4.90 Å². The highest BCUT2D eigenvalue weighted by Gasteiger charge is 2.36. The van der Waals surface area contributed by atoms with Crippen LogP contribution in [-0.2, 0) is 4.79 Å². The fraction of sp³-hybridized carbons (Fsp3) is 0.222. The highest BCUT2D eigenvalue weighted by atomic mass is 35.5. The summed E-state index contributed by atoms with van der Waals surface area (Å²) in [5.41, 5.74) is 0.372. The number of benzene rings is 2. The minimum atomic E-state index is -1.17. The van der Waals surface area contributed by atoms with Gasteiger partial charge >= 0.3 is 0 Å². The van der Waals surface area contributed by atoms with Crippen LogP contribution in [0.15, 0.2) is 36.4 Å². The maximum atomic E-state index is 13.5. The number of amides is 2. The number of hydrogen-bond acceptors (Lipinski definition) is 4. The molecule has 1 fully saturated rings. The van der Waals surface area contributed by atoms with Crippen LogP contribution >= 0.6 is 23.4 Å². The van der Waals surface area contributed by atoms with E-state index in [9.17, 15) is 18.4 Å². The van der Waals surface area contributed by atoms with E-state index >= 15 is 0 Å². The van der Waals surface area contributed by atoms with Gasteiger partial charge in [-0.1, -0.05) is 11.6 Å². The van der Waals surface area contributed by atoms with Crippen LogP contribution in [0.2, 0.25) is 5.02 Å². The summed E-state index contributed by atoms with van der Waals surface area (Å²) in [6.45, 7) is 0. The summed E-state index contributed by atoms with van der Waals surface area (Å²) < 4.78 is 31.8. The highest BCUT2D eigenvalue weighted by molar-refractivity contribution is 7.99. The normalized spacial score (nSPS) is 16.3. The monoisotopic (exact) mass is 412 g/mol. The first kappa shape index (κ1) is 19.4. The number of nitrogens with one attached hydrogen (secondary N) is 1. The average Bonchev–Trinajstić information content (AvgIpc) is 3.14. The molecule has 2 aromatic rings. The van der Waals surface area contributed by atoms with Crippen molar-refractivity contribution in [1.29, 1.82) is 0 Å². The zero-order valence-corrected chi connectivity index (χ0v) is 15.7. The van der Waals surface area contributed by atoms with Gasteiger partial charge in [0.15, 0.2) is 11.6 Å². The number of ether oxygens (including phenoxy) is 1. The third kappa shape index (κ3) is 4.17. The molecule has 0 radical (unpaired) electrons. The van der Waals surface area contributed by atoms with Crippen molar-refractivity contribution >= 4 is 40.9 Å². The lowest BCUT2D eigenvalue weighted by molar-refractivity contribution is -0.119. The van der Waals surface area contributed by atoms with Gasteiger partial charge in [-0.05, 0) is 36.4 Å². The fourth-order valence-electron chi connectivity index (χ4n) is 2.60. The lowest BCUT2D eigenvalue weighted by atomic mass is 10.1. The van der Waals surface area contributed by atoms with Gasteiger partial charge in [-0.2, -0.15) is 0 Å². The van der Waals surface area contributed by atoms with Gasteiger partial charge in [-0.3, -0.25) is 9.59 Å². The van der Waals surface area contributed by atoms with Crippen molar-refractivity contribution in [2.75, 3.05) is 24.1 Å². The molecule has 3 rings (SSSR count). The van der Waals surface area contributed by atoms with E-state index in [1.165, 1.54) is 23.8 Å². The Morgan fingerprint density at radius 3 is 2.56 bits per heavy atom. The Kier molecular flexibility index (Phi) is 5.86. The van der Waals surface area contributed by atoms with Gasteiger partial charge in [0.25, 0.3) is 5.91 Å². The molecule has 0 spiro atoms. The number of nitrogens with zero attached hydrogens (tertiary/aromatic N) is 1. The van der Waals surface area contributed by atoms with Gasteiger partial charge in [-0.15, -0.1) is 11.8 Å². The van der Waals surface area contributed by atoms with E-state index in [1.54, 1.807) is 24.3 Å². The second kappa shape index (κ2) is 8.14. The smallest absolute Gasteiger partial charge is 0.256 e. The maximum Gasteiger partial charge on any atom is 0.256 e. The molecular formula is C18H15ClF2N2O3S. The molecule has 5 nitrogen and oxygen atoms in total. The molecule has 1 N–H and O–H groups in total. The summed E-state index contributed by atoms with van der Waals surface area (Å²) in [5.74, 6) is -2.04. The first-order valence-corrected chi connectivity index (χ1v) is 9.42. The van der Waals surface area contributed by atoms with E-state index in [1.807, 2.05) is 0 Å². The van der Waals surface area contributed by atoms with Crippen molar-refractivity contribution in [3.63, 3.8) is 0 Å². The minimum Gasteiger partial charge on any atom is -0.497 e. The molecular weight excluding hydrogens is 398 g/mol. The van der Waals surface area contributed by atoms with Crippen LogP contribution < -0.4 is 10.1 Å². The second-order valence-corrected chi connectivity index (χ2v) is 7.16. The van der Waals surface area contributed by atoms with Crippen molar-refractivity contribution in [3.05, 3.63) is 58.6 Å². The predicted molar refractivity (Wildman–Crippen MR) is 100 cm³/mol. The molecule has 1 aliphatic rings. The summed E-state index contributed by atoms with van der Waals surface area (Å²) in [6, 6.07) is 7.50. The Hall–Kier alpha value is -2.32.